The lowest BCUT2D eigenvalue weighted by Crippen LogP contribution is -2.41. The number of carboxylic acids is 1. The largest absolute Gasteiger partial charge is 0.481 e. The summed E-state index contributed by atoms with van der Waals surface area (Å²) in [6.07, 6.45) is 7.44. The highest BCUT2D eigenvalue weighted by molar-refractivity contribution is 6.03. The van der Waals surface area contributed by atoms with E-state index in [-0.39, 0.29) is 23.7 Å². The first-order valence-electron chi connectivity index (χ1n) is 10.6. The lowest BCUT2D eigenvalue weighted by Gasteiger charge is -2.24. The van der Waals surface area contributed by atoms with Crippen LogP contribution in [0.5, 0.6) is 0 Å². The van der Waals surface area contributed by atoms with E-state index in [2.05, 4.69) is 15.7 Å². The maximum Gasteiger partial charge on any atom is 0.310 e. The summed E-state index contributed by atoms with van der Waals surface area (Å²) in [4.78, 5) is 37.4. The number of hydrogen-bond donors (Lipinski definition) is 3. The zero-order valence-electron chi connectivity index (χ0n) is 16.6. The average molecular weight is 404 g/mol. The molecule has 29 heavy (non-hydrogen) atoms. The topological polar surface area (TPSA) is 123 Å². The Balaban J connectivity index is 1.50. The number of nitrogens with zero attached hydrogens (tertiary/aromatic N) is 2. The van der Waals surface area contributed by atoms with E-state index in [4.69, 9.17) is 4.74 Å². The minimum Gasteiger partial charge on any atom is -0.481 e. The molecule has 0 radical (unpaired) electrons. The van der Waals surface area contributed by atoms with Gasteiger partial charge in [0.1, 0.15) is 0 Å². The Morgan fingerprint density at radius 3 is 2.48 bits per heavy atom. The Morgan fingerprint density at radius 2 is 1.83 bits per heavy atom. The van der Waals surface area contributed by atoms with Crippen LogP contribution in [0.25, 0.3) is 0 Å². The number of carbonyl (C=O) groups is 3. The van der Waals surface area contributed by atoms with Gasteiger partial charge in [-0.1, -0.05) is 19.3 Å². The second-order valence-electron chi connectivity index (χ2n) is 8.22. The molecular formula is C20H28N4O5. The quantitative estimate of drug-likeness (QED) is 0.664. The van der Waals surface area contributed by atoms with Crippen LogP contribution in [0.1, 0.15) is 62.4 Å². The molecular weight excluding hydrogens is 376 g/mol. The average Bonchev–Trinajstić information content (AvgIpc) is 3.42. The second kappa shape index (κ2) is 8.14. The molecule has 3 fully saturated rings. The predicted octanol–water partition coefficient (Wildman–Crippen LogP) is 1.78. The monoisotopic (exact) mass is 404 g/mol. The van der Waals surface area contributed by atoms with Gasteiger partial charge in [-0.2, -0.15) is 5.10 Å². The molecule has 1 aromatic heterocycles. The third kappa shape index (κ3) is 3.88. The van der Waals surface area contributed by atoms with Crippen molar-refractivity contribution in [1.29, 1.82) is 0 Å². The third-order valence-electron chi connectivity index (χ3n) is 6.36. The second-order valence-corrected chi connectivity index (χ2v) is 8.22. The summed E-state index contributed by atoms with van der Waals surface area (Å²) >= 11 is 0. The van der Waals surface area contributed by atoms with Gasteiger partial charge in [-0.25, -0.2) is 0 Å². The fraction of sp³-hybridized carbons (Fsp3) is 0.700. The highest BCUT2D eigenvalue weighted by Gasteiger charge is 2.55. The van der Waals surface area contributed by atoms with Gasteiger partial charge in [0.2, 0.25) is 5.91 Å². The first kappa shape index (κ1) is 19.9. The smallest absolute Gasteiger partial charge is 0.310 e. The molecule has 2 saturated heterocycles. The van der Waals surface area contributed by atoms with Gasteiger partial charge in [-0.3, -0.25) is 19.1 Å². The van der Waals surface area contributed by atoms with Gasteiger partial charge >= 0.3 is 5.97 Å². The third-order valence-corrected chi connectivity index (χ3v) is 6.36. The summed E-state index contributed by atoms with van der Waals surface area (Å²) in [5, 5.41) is 19.7. The molecule has 1 aromatic rings. The minimum atomic E-state index is -1.02. The molecule has 2 bridgehead atoms. The van der Waals surface area contributed by atoms with Crippen LogP contribution in [0.15, 0.2) is 6.20 Å². The Morgan fingerprint density at radius 1 is 1.14 bits per heavy atom. The van der Waals surface area contributed by atoms with Crippen molar-refractivity contribution in [2.24, 2.45) is 11.8 Å². The molecule has 0 aromatic carbocycles. The number of aliphatic carboxylic acids is 1. The summed E-state index contributed by atoms with van der Waals surface area (Å²) in [5.41, 5.74) is 0.485. The first-order chi connectivity index (χ1) is 14.0. The number of ether oxygens (including phenoxy) is 1. The zero-order chi connectivity index (χ0) is 20.5. The molecule has 2 aliphatic heterocycles. The van der Waals surface area contributed by atoms with Crippen LogP contribution in [-0.4, -0.2) is 50.9 Å². The molecule has 1 aliphatic carbocycles. The van der Waals surface area contributed by atoms with E-state index < -0.39 is 29.8 Å². The van der Waals surface area contributed by atoms with Crippen LogP contribution in [-0.2, 0) is 20.9 Å². The number of carboxylic acid groups (broad SMARTS) is 1. The van der Waals surface area contributed by atoms with Crippen LogP contribution in [0.2, 0.25) is 0 Å². The molecule has 0 unspecified atom stereocenters. The molecule has 3 heterocycles. The maximum absolute atomic E-state index is 13.0. The van der Waals surface area contributed by atoms with Crippen molar-refractivity contribution >= 4 is 23.5 Å². The van der Waals surface area contributed by atoms with Gasteiger partial charge in [-0.05, 0) is 32.6 Å². The summed E-state index contributed by atoms with van der Waals surface area (Å²) in [5.74, 6) is -3.36. The van der Waals surface area contributed by atoms with E-state index in [1.54, 1.807) is 10.9 Å². The fourth-order valence-electron chi connectivity index (χ4n) is 4.88. The van der Waals surface area contributed by atoms with Crippen LogP contribution in [0.3, 0.4) is 0 Å². The van der Waals surface area contributed by atoms with Gasteiger partial charge in [0.25, 0.3) is 5.91 Å². The van der Waals surface area contributed by atoms with E-state index in [1.807, 2.05) is 6.92 Å². The minimum absolute atomic E-state index is 0.127. The van der Waals surface area contributed by atoms with Crippen LogP contribution in [0.4, 0.5) is 5.69 Å². The number of fused-ring (bicyclic) bond motifs is 2. The predicted molar refractivity (Wildman–Crippen MR) is 103 cm³/mol. The van der Waals surface area contributed by atoms with E-state index >= 15 is 0 Å². The summed E-state index contributed by atoms with van der Waals surface area (Å²) in [6, 6.07) is 0.127. The highest BCUT2D eigenvalue weighted by atomic mass is 16.5. The van der Waals surface area contributed by atoms with Gasteiger partial charge < -0.3 is 20.5 Å². The number of nitrogens with one attached hydrogen (secondary N) is 2. The number of rotatable bonds is 6. The van der Waals surface area contributed by atoms with Crippen molar-refractivity contribution in [1.82, 2.24) is 15.1 Å². The number of hydrogen-bond acceptors (Lipinski definition) is 5. The van der Waals surface area contributed by atoms with Crippen molar-refractivity contribution in [2.45, 2.75) is 76.7 Å². The molecule has 158 valence electrons. The molecule has 1 saturated carbocycles. The molecule has 3 N–H and O–H groups in total. The number of aryl methyl sites for hydroxylation is 1. The van der Waals surface area contributed by atoms with Gasteiger partial charge in [-0.15, -0.1) is 0 Å². The number of amides is 2. The van der Waals surface area contributed by atoms with E-state index in [9.17, 15) is 19.5 Å². The van der Waals surface area contributed by atoms with Gasteiger partial charge in [0.05, 0.1) is 29.7 Å². The van der Waals surface area contributed by atoms with Crippen molar-refractivity contribution in [3.05, 3.63) is 11.9 Å². The lowest BCUT2D eigenvalue weighted by atomic mass is 9.78. The zero-order valence-corrected chi connectivity index (χ0v) is 16.6. The number of carbonyl (C=O) groups excluding carboxylic acids is 2. The number of aromatic nitrogens is 2. The van der Waals surface area contributed by atoms with Crippen molar-refractivity contribution in [3.63, 3.8) is 0 Å². The summed E-state index contributed by atoms with van der Waals surface area (Å²) < 4.78 is 7.28. The van der Waals surface area contributed by atoms with Crippen molar-refractivity contribution in [3.8, 4) is 0 Å². The molecule has 9 heteroatoms. The summed E-state index contributed by atoms with van der Waals surface area (Å²) in [6.45, 7) is 2.44. The SMILES string of the molecule is CCn1cc(NC(=O)[C@@H]2[C@H](C(=O)O)[C@H]3CC[C@H]2O3)c(C(=O)NC2CCCCC2)n1. The normalized spacial score (nSPS) is 29.0. The lowest BCUT2D eigenvalue weighted by molar-refractivity contribution is -0.147. The highest BCUT2D eigenvalue weighted by Crippen LogP contribution is 2.44. The maximum atomic E-state index is 13.0. The molecule has 2 amide bonds. The van der Waals surface area contributed by atoms with E-state index in [1.165, 1.54) is 6.42 Å². The Hall–Kier alpha value is -2.42. The molecule has 0 spiro atoms. The first-order valence-corrected chi connectivity index (χ1v) is 10.6. The van der Waals surface area contributed by atoms with Gasteiger partial charge in [0.15, 0.2) is 5.69 Å². The molecule has 9 nitrogen and oxygen atoms in total. The van der Waals surface area contributed by atoms with Crippen LogP contribution >= 0.6 is 0 Å². The van der Waals surface area contributed by atoms with Crippen molar-refractivity contribution < 1.29 is 24.2 Å². The number of anilines is 1. The van der Waals surface area contributed by atoms with Crippen LogP contribution in [0, 0.1) is 11.8 Å². The Kier molecular flexibility index (Phi) is 5.58. The molecule has 4 atom stereocenters. The Labute approximate surface area is 169 Å². The van der Waals surface area contributed by atoms with E-state index in [0.717, 1.165) is 25.7 Å². The molecule has 4 rings (SSSR count). The van der Waals surface area contributed by atoms with Crippen LogP contribution < -0.4 is 10.6 Å². The summed E-state index contributed by atoms with van der Waals surface area (Å²) in [7, 11) is 0. The van der Waals surface area contributed by atoms with E-state index in [0.29, 0.717) is 25.1 Å². The van der Waals surface area contributed by atoms with Gasteiger partial charge in [0, 0.05) is 18.8 Å². The van der Waals surface area contributed by atoms with Crippen molar-refractivity contribution in [2.75, 3.05) is 5.32 Å². The molecule has 3 aliphatic rings. The fourth-order valence-corrected chi connectivity index (χ4v) is 4.88. The standard InChI is InChI=1S/C20H28N4O5/c1-2-24-10-12(17(23-24)19(26)21-11-6-4-3-5-7-11)22-18(25)15-13-8-9-14(29-13)16(15)20(27)28/h10-11,13-16H,2-9H2,1H3,(H,21,26)(H,22,25)(H,27,28)/t13-,14-,15+,16-/m1/s1. The Bertz CT molecular complexity index is 801.